The van der Waals surface area contributed by atoms with E-state index in [4.69, 9.17) is 11.6 Å². The molecule has 1 fully saturated rings. The lowest BCUT2D eigenvalue weighted by molar-refractivity contribution is 0.0698. The van der Waals surface area contributed by atoms with Crippen LogP contribution in [0.1, 0.15) is 56.4 Å². The number of imidazole rings is 2. The molecule has 176 valence electrons. The lowest BCUT2D eigenvalue weighted by atomic mass is 10.1. The summed E-state index contributed by atoms with van der Waals surface area (Å²) in [5.74, 6) is -0.857. The molecule has 0 aliphatic heterocycles. The monoisotopic (exact) mass is 489 g/mol. The van der Waals surface area contributed by atoms with Crippen molar-refractivity contribution in [2.24, 2.45) is 0 Å². The molecule has 6 rings (SSSR count). The van der Waals surface area contributed by atoms with Crippen molar-refractivity contribution in [2.45, 2.75) is 31.8 Å². The maximum absolute atomic E-state index is 12.7. The van der Waals surface area contributed by atoms with E-state index in [0.717, 1.165) is 23.9 Å². The van der Waals surface area contributed by atoms with Crippen LogP contribution in [-0.4, -0.2) is 45.5 Å². The Hall–Kier alpha value is -4.18. The van der Waals surface area contributed by atoms with Gasteiger partial charge in [0.25, 0.3) is 5.91 Å². The van der Waals surface area contributed by atoms with E-state index < -0.39 is 5.97 Å². The Morgan fingerprint density at radius 1 is 1.17 bits per heavy atom. The molecule has 0 radical (unpaired) electrons. The highest BCUT2D eigenvalue weighted by Crippen LogP contribution is 2.40. The van der Waals surface area contributed by atoms with Gasteiger partial charge in [-0.05, 0) is 42.5 Å². The number of carbonyl (C=O) groups excluding carboxylic acids is 1. The molecule has 35 heavy (non-hydrogen) atoms. The van der Waals surface area contributed by atoms with E-state index in [1.807, 2.05) is 23.0 Å². The predicted octanol–water partition coefficient (Wildman–Crippen LogP) is 3.39. The number of amides is 1. The van der Waals surface area contributed by atoms with E-state index in [9.17, 15) is 14.7 Å². The van der Waals surface area contributed by atoms with E-state index in [-0.39, 0.29) is 18.0 Å². The number of halogens is 1. The molecule has 0 saturated heterocycles. The minimum absolute atomic E-state index is 0.189. The lowest BCUT2D eigenvalue weighted by Crippen LogP contribution is -2.22. The number of pyridine rings is 2. The van der Waals surface area contributed by atoms with Crippen LogP contribution in [0.15, 0.2) is 55.5 Å². The van der Waals surface area contributed by atoms with Crippen molar-refractivity contribution in [2.75, 3.05) is 0 Å². The van der Waals surface area contributed by atoms with Crippen molar-refractivity contribution in [3.8, 4) is 0 Å². The average molecular weight is 490 g/mol. The molecule has 5 heterocycles. The third kappa shape index (κ3) is 4.12. The van der Waals surface area contributed by atoms with Gasteiger partial charge in [0.15, 0.2) is 5.65 Å². The number of hydrogen-bond donors (Lipinski definition) is 2. The van der Waals surface area contributed by atoms with Crippen LogP contribution < -0.4 is 5.32 Å². The molecule has 10 nitrogen and oxygen atoms in total. The highest BCUT2D eigenvalue weighted by molar-refractivity contribution is 6.30. The number of carboxylic acids is 1. The summed E-state index contributed by atoms with van der Waals surface area (Å²) in [5.41, 5.74) is 4.19. The smallest absolute Gasteiger partial charge is 0.339 e. The van der Waals surface area contributed by atoms with Crippen LogP contribution in [0.3, 0.4) is 0 Å². The Morgan fingerprint density at radius 3 is 2.83 bits per heavy atom. The van der Waals surface area contributed by atoms with E-state index in [1.54, 1.807) is 39.8 Å². The minimum atomic E-state index is -1.000. The van der Waals surface area contributed by atoms with Crippen molar-refractivity contribution < 1.29 is 14.7 Å². The van der Waals surface area contributed by atoms with E-state index in [1.165, 1.54) is 6.20 Å². The number of nitrogens with zero attached hydrogens (tertiary/aromatic N) is 6. The number of aromatic nitrogens is 6. The SMILES string of the molecule is O=C(NCc1ncn2ccc(Cl)cc12)c1cnn(Cc2cn3cc(C4CC4)cc(C(=O)O)c3n2)c1. The second-order valence-corrected chi connectivity index (χ2v) is 9.10. The second-order valence-electron chi connectivity index (χ2n) is 8.67. The summed E-state index contributed by atoms with van der Waals surface area (Å²) >= 11 is 6.07. The van der Waals surface area contributed by atoms with E-state index in [0.29, 0.717) is 40.1 Å². The first-order valence-electron chi connectivity index (χ1n) is 11.1. The second kappa shape index (κ2) is 8.24. The van der Waals surface area contributed by atoms with Gasteiger partial charge in [0.1, 0.15) is 5.56 Å². The summed E-state index contributed by atoms with van der Waals surface area (Å²) in [5, 5.41) is 17.4. The van der Waals surface area contributed by atoms with Gasteiger partial charge in [-0.15, -0.1) is 0 Å². The van der Waals surface area contributed by atoms with Crippen molar-refractivity contribution in [1.82, 2.24) is 33.9 Å². The lowest BCUT2D eigenvalue weighted by Gasteiger charge is -2.03. The van der Waals surface area contributed by atoms with Crippen LogP contribution in [0, 0.1) is 0 Å². The molecule has 1 saturated carbocycles. The standard InChI is InChI=1S/C24H20ClN7O3/c25-17-3-4-30-13-27-20(21(30)6-17)8-26-23(33)16-7-28-32(10-16)12-18-11-31-9-15(14-1-2-14)5-19(24(34)35)22(31)29-18/h3-7,9-11,13-14H,1-2,8,12H2,(H,26,33)(H,34,35). The number of carbonyl (C=O) groups is 2. The summed E-state index contributed by atoms with van der Waals surface area (Å²) in [7, 11) is 0. The van der Waals surface area contributed by atoms with Gasteiger partial charge in [-0.2, -0.15) is 5.10 Å². The molecule has 0 bridgehead atoms. The molecule has 0 unspecified atom stereocenters. The van der Waals surface area contributed by atoms with Gasteiger partial charge >= 0.3 is 5.97 Å². The Balaban J connectivity index is 1.17. The maximum Gasteiger partial charge on any atom is 0.339 e. The quantitative estimate of drug-likeness (QED) is 0.362. The number of nitrogens with one attached hydrogen (secondary N) is 1. The summed E-state index contributed by atoms with van der Waals surface area (Å²) in [6.07, 6.45) is 12.5. The van der Waals surface area contributed by atoms with Crippen LogP contribution in [-0.2, 0) is 13.1 Å². The Kier molecular flexibility index (Phi) is 5.03. The van der Waals surface area contributed by atoms with Crippen LogP contribution in [0.2, 0.25) is 5.02 Å². The molecular weight excluding hydrogens is 470 g/mol. The van der Waals surface area contributed by atoms with E-state index >= 15 is 0 Å². The van der Waals surface area contributed by atoms with Gasteiger partial charge in [0, 0.05) is 29.8 Å². The topological polar surface area (TPSA) is 119 Å². The minimum Gasteiger partial charge on any atom is -0.478 e. The Morgan fingerprint density at radius 2 is 2.03 bits per heavy atom. The normalized spacial score (nSPS) is 13.5. The molecule has 1 aliphatic carbocycles. The third-order valence-electron chi connectivity index (χ3n) is 6.12. The Bertz CT molecular complexity index is 1610. The molecule has 5 aromatic rings. The van der Waals surface area contributed by atoms with Crippen LogP contribution in [0.5, 0.6) is 0 Å². The molecular formula is C24H20ClN7O3. The van der Waals surface area contributed by atoms with Gasteiger partial charge in [-0.25, -0.2) is 14.8 Å². The van der Waals surface area contributed by atoms with Crippen molar-refractivity contribution >= 4 is 34.6 Å². The van der Waals surface area contributed by atoms with E-state index in [2.05, 4.69) is 20.4 Å². The number of aromatic carboxylic acids is 1. The van der Waals surface area contributed by atoms with Crippen molar-refractivity contribution in [3.63, 3.8) is 0 Å². The van der Waals surface area contributed by atoms with Crippen LogP contribution in [0.4, 0.5) is 0 Å². The number of hydrogen-bond acceptors (Lipinski definition) is 5. The van der Waals surface area contributed by atoms with Crippen molar-refractivity contribution in [1.29, 1.82) is 0 Å². The number of carboxylic acid groups (broad SMARTS) is 1. The van der Waals surface area contributed by atoms with Crippen LogP contribution in [0.25, 0.3) is 11.2 Å². The average Bonchev–Trinajstić information content (AvgIpc) is 3.25. The zero-order chi connectivity index (χ0) is 24.1. The molecule has 2 N–H and O–H groups in total. The van der Waals surface area contributed by atoms with Gasteiger partial charge < -0.3 is 19.2 Å². The molecule has 1 aliphatic rings. The molecule has 1 amide bonds. The molecule has 11 heteroatoms. The van der Waals surface area contributed by atoms with Gasteiger partial charge in [-0.3, -0.25) is 9.48 Å². The summed E-state index contributed by atoms with van der Waals surface area (Å²) < 4.78 is 5.21. The van der Waals surface area contributed by atoms with Gasteiger partial charge in [-0.1, -0.05) is 11.6 Å². The Labute approximate surface area is 203 Å². The maximum atomic E-state index is 12.7. The predicted molar refractivity (Wildman–Crippen MR) is 127 cm³/mol. The summed E-state index contributed by atoms with van der Waals surface area (Å²) in [6.45, 7) is 0.547. The first kappa shape index (κ1) is 21.4. The third-order valence-corrected chi connectivity index (χ3v) is 6.35. The molecule has 0 atom stereocenters. The van der Waals surface area contributed by atoms with Crippen molar-refractivity contribution in [3.05, 3.63) is 88.6 Å². The fourth-order valence-electron chi connectivity index (χ4n) is 4.20. The van der Waals surface area contributed by atoms with Gasteiger partial charge in [0.05, 0.1) is 48.1 Å². The molecule has 5 aromatic heterocycles. The van der Waals surface area contributed by atoms with Gasteiger partial charge in [0.2, 0.25) is 0 Å². The van der Waals surface area contributed by atoms with Crippen LogP contribution >= 0.6 is 11.6 Å². The first-order valence-corrected chi connectivity index (χ1v) is 11.5. The number of rotatable bonds is 7. The fourth-order valence-corrected chi connectivity index (χ4v) is 4.36. The largest absolute Gasteiger partial charge is 0.478 e. The highest BCUT2D eigenvalue weighted by atomic mass is 35.5. The zero-order valence-electron chi connectivity index (χ0n) is 18.4. The number of fused-ring (bicyclic) bond motifs is 2. The summed E-state index contributed by atoms with van der Waals surface area (Å²) in [6, 6.07) is 5.29. The fraction of sp³-hybridized carbons (Fsp3) is 0.208. The zero-order valence-corrected chi connectivity index (χ0v) is 19.2. The highest BCUT2D eigenvalue weighted by Gasteiger charge is 2.26. The molecule has 0 spiro atoms. The first-order chi connectivity index (χ1) is 16.9. The molecule has 0 aromatic carbocycles. The summed E-state index contributed by atoms with van der Waals surface area (Å²) in [4.78, 5) is 33.3.